The molecule has 0 saturated heterocycles. The largest absolute Gasteiger partial charge is 0.374 e. The van der Waals surface area contributed by atoms with Crippen LogP contribution in [0.2, 0.25) is 0 Å². The number of carbonyl (C=O) groups is 1. The second-order valence-corrected chi connectivity index (χ2v) is 4.48. The highest BCUT2D eigenvalue weighted by Crippen LogP contribution is 2.28. The fourth-order valence-electron chi connectivity index (χ4n) is 1.48. The van der Waals surface area contributed by atoms with Crippen LogP contribution in [0.25, 0.3) is 0 Å². The van der Waals surface area contributed by atoms with Crippen LogP contribution < -0.4 is 5.73 Å². The second kappa shape index (κ2) is 3.41. The van der Waals surface area contributed by atoms with E-state index < -0.39 is 0 Å². The first kappa shape index (κ1) is 8.62. The van der Waals surface area contributed by atoms with E-state index in [1.165, 1.54) is 11.3 Å². The maximum atomic E-state index is 10.7. The van der Waals surface area contributed by atoms with Gasteiger partial charge in [-0.1, -0.05) is 11.3 Å². The van der Waals surface area contributed by atoms with E-state index in [-0.39, 0.29) is 0 Å². The number of ketones is 1. The molecule has 1 aromatic heterocycles. The number of hydrogen-bond donors (Lipinski definition) is 1. The highest BCUT2D eigenvalue weighted by molar-refractivity contribution is 7.15. The summed E-state index contributed by atoms with van der Waals surface area (Å²) in [5.41, 5.74) is 5.44. The number of anilines is 1. The van der Waals surface area contributed by atoms with Crippen LogP contribution in [0.4, 0.5) is 5.13 Å². The molecular weight excluding hydrogens is 186 g/mol. The lowest BCUT2D eigenvalue weighted by Gasteiger charge is -2.22. The van der Waals surface area contributed by atoms with E-state index in [0.29, 0.717) is 16.8 Å². The molecule has 0 amide bonds. The van der Waals surface area contributed by atoms with E-state index in [2.05, 4.69) is 10.2 Å². The molecule has 0 bridgehead atoms. The Bertz CT molecular complexity index is 315. The van der Waals surface area contributed by atoms with E-state index in [4.69, 9.17) is 5.73 Å². The van der Waals surface area contributed by atoms with Gasteiger partial charge in [0.05, 0.1) is 0 Å². The summed E-state index contributed by atoms with van der Waals surface area (Å²) in [6.07, 6.45) is 3.47. The molecule has 0 spiro atoms. The minimum atomic E-state index is 0.391. The van der Waals surface area contributed by atoms with Gasteiger partial charge in [-0.05, 0) is 12.3 Å². The van der Waals surface area contributed by atoms with Gasteiger partial charge in [0.2, 0.25) is 5.13 Å². The number of aryl methyl sites for hydroxylation is 1. The molecular formula is C8H11N3OS. The van der Waals surface area contributed by atoms with Crippen molar-refractivity contribution in [3.63, 3.8) is 0 Å². The molecule has 0 unspecified atom stereocenters. The Balaban J connectivity index is 1.77. The van der Waals surface area contributed by atoms with Gasteiger partial charge >= 0.3 is 0 Å². The van der Waals surface area contributed by atoms with Crippen LogP contribution in [-0.4, -0.2) is 16.0 Å². The van der Waals surface area contributed by atoms with E-state index >= 15 is 0 Å². The summed E-state index contributed by atoms with van der Waals surface area (Å²) >= 11 is 1.44. The lowest BCUT2D eigenvalue weighted by Crippen LogP contribution is -2.23. The number of rotatable bonds is 3. The molecule has 0 aromatic carbocycles. The molecule has 1 aliphatic rings. The Morgan fingerprint density at radius 3 is 2.77 bits per heavy atom. The topological polar surface area (TPSA) is 68.9 Å². The summed E-state index contributed by atoms with van der Waals surface area (Å²) < 4.78 is 0. The van der Waals surface area contributed by atoms with E-state index in [9.17, 15) is 4.79 Å². The highest BCUT2D eigenvalue weighted by Gasteiger charge is 2.26. The van der Waals surface area contributed by atoms with Gasteiger partial charge in [0, 0.05) is 19.3 Å². The average molecular weight is 197 g/mol. The molecule has 1 aliphatic carbocycles. The maximum Gasteiger partial charge on any atom is 0.203 e. The third-order valence-electron chi connectivity index (χ3n) is 2.28. The predicted molar refractivity (Wildman–Crippen MR) is 50.4 cm³/mol. The summed E-state index contributed by atoms with van der Waals surface area (Å²) in [7, 11) is 0. The zero-order chi connectivity index (χ0) is 9.26. The smallest absolute Gasteiger partial charge is 0.203 e. The number of Topliss-reactive ketones (excluding diaryl/α,β-unsaturated/α-hetero) is 1. The van der Waals surface area contributed by atoms with E-state index in [0.717, 1.165) is 30.7 Å². The molecule has 0 atom stereocenters. The fraction of sp³-hybridized carbons (Fsp3) is 0.625. The molecule has 1 aromatic rings. The molecule has 0 radical (unpaired) electrons. The summed E-state index contributed by atoms with van der Waals surface area (Å²) in [5.74, 6) is 0.972. The van der Waals surface area contributed by atoms with Crippen molar-refractivity contribution in [3.05, 3.63) is 5.01 Å². The minimum Gasteiger partial charge on any atom is -0.374 e. The van der Waals surface area contributed by atoms with Crippen LogP contribution >= 0.6 is 11.3 Å². The molecule has 2 N–H and O–H groups in total. The number of nitrogen functional groups attached to an aromatic ring is 1. The molecule has 1 saturated carbocycles. The van der Waals surface area contributed by atoms with Crippen LogP contribution in [-0.2, 0) is 11.2 Å². The molecule has 0 aliphatic heterocycles. The number of nitrogens with zero attached hydrogens (tertiary/aromatic N) is 2. The summed E-state index contributed by atoms with van der Waals surface area (Å²) in [5, 5.41) is 9.17. The van der Waals surface area contributed by atoms with Crippen molar-refractivity contribution in [1.82, 2.24) is 10.2 Å². The third kappa shape index (κ3) is 2.03. The standard InChI is InChI=1S/C8H11N3OS/c9-8-11-10-7(13-8)2-1-5-3-6(12)4-5/h5H,1-4H2,(H2,9,11). The molecule has 1 fully saturated rings. The van der Waals surface area contributed by atoms with Gasteiger partial charge in [0.25, 0.3) is 0 Å². The van der Waals surface area contributed by atoms with Crippen molar-refractivity contribution < 1.29 is 4.79 Å². The number of nitrogens with two attached hydrogens (primary N) is 1. The first-order chi connectivity index (χ1) is 6.24. The molecule has 1 heterocycles. The van der Waals surface area contributed by atoms with Crippen molar-refractivity contribution >= 4 is 22.3 Å². The Kier molecular flexibility index (Phi) is 2.26. The minimum absolute atomic E-state index is 0.391. The van der Waals surface area contributed by atoms with Gasteiger partial charge in [-0.15, -0.1) is 10.2 Å². The second-order valence-electron chi connectivity index (χ2n) is 3.39. The van der Waals surface area contributed by atoms with Crippen molar-refractivity contribution in [2.24, 2.45) is 5.92 Å². The average Bonchev–Trinajstić information content (AvgIpc) is 2.43. The van der Waals surface area contributed by atoms with Crippen LogP contribution in [0, 0.1) is 5.92 Å². The predicted octanol–water partition coefficient (Wildman–Crippen LogP) is 1.03. The van der Waals surface area contributed by atoms with Crippen LogP contribution in [0.3, 0.4) is 0 Å². The zero-order valence-electron chi connectivity index (χ0n) is 7.19. The lowest BCUT2D eigenvalue weighted by molar-refractivity contribution is -0.126. The van der Waals surface area contributed by atoms with Crippen molar-refractivity contribution in [2.75, 3.05) is 5.73 Å². The Labute approximate surface area is 80.2 Å². The quantitative estimate of drug-likeness (QED) is 0.785. The van der Waals surface area contributed by atoms with Crippen molar-refractivity contribution in [2.45, 2.75) is 25.7 Å². The van der Waals surface area contributed by atoms with Gasteiger partial charge in [-0.25, -0.2) is 0 Å². The number of carbonyl (C=O) groups excluding carboxylic acids is 1. The zero-order valence-corrected chi connectivity index (χ0v) is 8.01. The maximum absolute atomic E-state index is 10.7. The van der Waals surface area contributed by atoms with Gasteiger partial charge < -0.3 is 5.73 Å². The first-order valence-electron chi connectivity index (χ1n) is 4.33. The van der Waals surface area contributed by atoms with Crippen LogP contribution in [0.15, 0.2) is 0 Å². The summed E-state index contributed by atoms with van der Waals surface area (Å²) in [6.45, 7) is 0. The van der Waals surface area contributed by atoms with Crippen LogP contribution in [0.1, 0.15) is 24.3 Å². The molecule has 5 heteroatoms. The third-order valence-corrected chi connectivity index (χ3v) is 3.09. The van der Waals surface area contributed by atoms with E-state index in [1.807, 2.05) is 0 Å². The monoisotopic (exact) mass is 197 g/mol. The summed E-state index contributed by atoms with van der Waals surface area (Å²) in [6, 6.07) is 0. The van der Waals surface area contributed by atoms with Gasteiger partial charge in [-0.2, -0.15) is 0 Å². The normalized spacial score (nSPS) is 17.4. The Morgan fingerprint density at radius 2 is 2.23 bits per heavy atom. The Morgan fingerprint density at radius 1 is 1.46 bits per heavy atom. The molecule has 2 rings (SSSR count). The summed E-state index contributed by atoms with van der Waals surface area (Å²) in [4.78, 5) is 10.7. The van der Waals surface area contributed by atoms with Gasteiger partial charge in [-0.3, -0.25) is 4.79 Å². The molecule has 13 heavy (non-hydrogen) atoms. The fourth-order valence-corrected chi connectivity index (χ4v) is 2.11. The molecule has 4 nitrogen and oxygen atoms in total. The van der Waals surface area contributed by atoms with Gasteiger partial charge in [0.1, 0.15) is 10.8 Å². The van der Waals surface area contributed by atoms with Crippen LogP contribution in [0.5, 0.6) is 0 Å². The molecule has 70 valence electrons. The SMILES string of the molecule is Nc1nnc(CCC2CC(=O)C2)s1. The number of aromatic nitrogens is 2. The van der Waals surface area contributed by atoms with E-state index in [1.54, 1.807) is 0 Å². The first-order valence-corrected chi connectivity index (χ1v) is 5.15. The van der Waals surface area contributed by atoms with Gasteiger partial charge in [0.15, 0.2) is 0 Å². The van der Waals surface area contributed by atoms with Crippen molar-refractivity contribution in [1.29, 1.82) is 0 Å². The van der Waals surface area contributed by atoms with Crippen molar-refractivity contribution in [3.8, 4) is 0 Å². The number of hydrogen-bond acceptors (Lipinski definition) is 5. The highest BCUT2D eigenvalue weighted by atomic mass is 32.1. The lowest BCUT2D eigenvalue weighted by atomic mass is 9.81. The Hall–Kier alpha value is -0.970.